The van der Waals surface area contributed by atoms with Crippen LogP contribution in [0.5, 0.6) is 0 Å². The van der Waals surface area contributed by atoms with Gasteiger partial charge in [-0.3, -0.25) is 0 Å². The quantitative estimate of drug-likeness (QED) is 0.709. The normalized spacial score (nSPS) is 12.3. The minimum absolute atomic E-state index is 0.344. The number of rotatable bonds is 5. The molecule has 1 nitrogen and oxygen atoms in total. The predicted molar refractivity (Wildman–Crippen MR) is 58.8 cm³/mol. The van der Waals surface area contributed by atoms with E-state index in [-0.39, 0.29) is 0 Å². The lowest BCUT2D eigenvalue weighted by molar-refractivity contribution is 0.544. The van der Waals surface area contributed by atoms with Crippen LogP contribution in [0.1, 0.15) is 31.4 Å². The fourth-order valence-corrected chi connectivity index (χ4v) is 1.93. The first-order chi connectivity index (χ1) is 6.38. The molecule has 0 aliphatic heterocycles. The maximum atomic E-state index is 5.32. The van der Waals surface area contributed by atoms with E-state index in [0.29, 0.717) is 6.04 Å². The van der Waals surface area contributed by atoms with Gasteiger partial charge in [0.2, 0.25) is 0 Å². The van der Waals surface area contributed by atoms with Gasteiger partial charge in [0.15, 0.2) is 0 Å². The molecule has 0 aromatic carbocycles. The zero-order chi connectivity index (χ0) is 9.52. The van der Waals surface area contributed by atoms with Crippen LogP contribution in [0.3, 0.4) is 0 Å². The van der Waals surface area contributed by atoms with Gasteiger partial charge in [-0.05, 0) is 35.4 Å². The smallest absolute Gasteiger partial charge is 0.0439 e. The molecule has 1 heterocycles. The molecule has 2 heteroatoms. The molecule has 0 aliphatic rings. The molecule has 0 aliphatic carbocycles. The first-order valence-electron chi connectivity index (χ1n) is 4.57. The summed E-state index contributed by atoms with van der Waals surface area (Å²) in [6, 6.07) is 2.48. The fraction of sp³-hybridized carbons (Fsp3) is 0.455. The van der Waals surface area contributed by atoms with E-state index in [1.165, 1.54) is 5.56 Å². The topological polar surface area (TPSA) is 12.0 Å². The SMILES string of the molecule is C#CCC(NCCC)c1ccsc1. The molecule has 0 spiro atoms. The van der Waals surface area contributed by atoms with E-state index < -0.39 is 0 Å². The van der Waals surface area contributed by atoms with Gasteiger partial charge in [-0.15, -0.1) is 12.3 Å². The molecule has 0 saturated carbocycles. The van der Waals surface area contributed by atoms with Gasteiger partial charge in [0.05, 0.1) is 0 Å². The van der Waals surface area contributed by atoms with Gasteiger partial charge in [-0.2, -0.15) is 11.3 Å². The van der Waals surface area contributed by atoms with Crippen LogP contribution < -0.4 is 5.32 Å². The third kappa shape index (κ3) is 3.22. The van der Waals surface area contributed by atoms with E-state index in [9.17, 15) is 0 Å². The molecule has 1 aromatic heterocycles. The Bertz CT molecular complexity index is 258. The number of terminal acetylenes is 1. The van der Waals surface area contributed by atoms with Gasteiger partial charge in [0.25, 0.3) is 0 Å². The van der Waals surface area contributed by atoms with Gasteiger partial charge in [0.1, 0.15) is 0 Å². The Kier molecular flexibility index (Phi) is 4.59. The van der Waals surface area contributed by atoms with Gasteiger partial charge in [0, 0.05) is 12.5 Å². The lowest BCUT2D eigenvalue weighted by Crippen LogP contribution is -2.21. The summed E-state index contributed by atoms with van der Waals surface area (Å²) in [6.07, 6.45) is 7.24. The van der Waals surface area contributed by atoms with Crippen molar-refractivity contribution < 1.29 is 0 Å². The highest BCUT2D eigenvalue weighted by Crippen LogP contribution is 2.18. The second kappa shape index (κ2) is 5.80. The van der Waals surface area contributed by atoms with Crippen molar-refractivity contribution in [3.8, 4) is 12.3 Å². The molecule has 1 N–H and O–H groups in total. The molecule has 0 radical (unpaired) electrons. The Balaban J connectivity index is 2.53. The van der Waals surface area contributed by atoms with Crippen LogP contribution in [-0.2, 0) is 0 Å². The molecular weight excluding hydrogens is 178 g/mol. The molecule has 1 rings (SSSR count). The van der Waals surface area contributed by atoms with Crippen molar-refractivity contribution in [3.63, 3.8) is 0 Å². The Morgan fingerprint density at radius 1 is 1.69 bits per heavy atom. The second-order valence-corrected chi connectivity index (χ2v) is 3.75. The van der Waals surface area contributed by atoms with E-state index in [1.807, 2.05) is 0 Å². The summed E-state index contributed by atoms with van der Waals surface area (Å²) in [7, 11) is 0. The van der Waals surface area contributed by atoms with Crippen LogP contribution in [0, 0.1) is 12.3 Å². The summed E-state index contributed by atoms with van der Waals surface area (Å²) >= 11 is 1.72. The maximum Gasteiger partial charge on any atom is 0.0439 e. The molecule has 0 bridgehead atoms. The summed E-state index contributed by atoms with van der Waals surface area (Å²) in [5.41, 5.74) is 1.32. The highest BCUT2D eigenvalue weighted by molar-refractivity contribution is 7.07. The van der Waals surface area contributed by atoms with Crippen LogP contribution in [0.2, 0.25) is 0 Å². The number of thiophene rings is 1. The molecule has 1 unspecified atom stereocenters. The highest BCUT2D eigenvalue weighted by Gasteiger charge is 2.08. The molecule has 70 valence electrons. The van der Waals surface area contributed by atoms with Crippen LogP contribution in [0.15, 0.2) is 16.8 Å². The summed E-state index contributed by atoms with van der Waals surface area (Å²) in [6.45, 7) is 3.19. The van der Waals surface area contributed by atoms with Gasteiger partial charge in [-0.25, -0.2) is 0 Å². The van der Waals surface area contributed by atoms with Crippen molar-refractivity contribution in [1.82, 2.24) is 5.32 Å². The van der Waals surface area contributed by atoms with Crippen LogP contribution >= 0.6 is 11.3 Å². The average molecular weight is 193 g/mol. The predicted octanol–water partition coefficient (Wildman–Crippen LogP) is 2.81. The molecule has 1 atom stereocenters. The van der Waals surface area contributed by atoms with E-state index in [2.05, 4.69) is 35.0 Å². The summed E-state index contributed by atoms with van der Waals surface area (Å²) < 4.78 is 0. The van der Waals surface area contributed by atoms with Crippen molar-refractivity contribution in [3.05, 3.63) is 22.4 Å². The zero-order valence-corrected chi connectivity index (χ0v) is 8.73. The Morgan fingerprint density at radius 2 is 2.54 bits per heavy atom. The Hall–Kier alpha value is -0.780. The van der Waals surface area contributed by atoms with E-state index in [0.717, 1.165) is 19.4 Å². The van der Waals surface area contributed by atoms with Gasteiger partial charge >= 0.3 is 0 Å². The third-order valence-corrected chi connectivity index (χ3v) is 2.61. The Labute approximate surface area is 84.2 Å². The number of hydrogen-bond donors (Lipinski definition) is 1. The van der Waals surface area contributed by atoms with Crippen molar-refractivity contribution >= 4 is 11.3 Å². The summed E-state index contributed by atoms with van der Waals surface area (Å²) in [5.74, 6) is 2.71. The largest absolute Gasteiger partial charge is 0.309 e. The van der Waals surface area contributed by atoms with Crippen LogP contribution in [0.4, 0.5) is 0 Å². The molecular formula is C11H15NS. The Morgan fingerprint density at radius 3 is 3.08 bits per heavy atom. The van der Waals surface area contributed by atoms with Gasteiger partial charge < -0.3 is 5.32 Å². The van der Waals surface area contributed by atoms with E-state index >= 15 is 0 Å². The third-order valence-electron chi connectivity index (χ3n) is 1.91. The number of nitrogens with one attached hydrogen (secondary N) is 1. The molecule has 0 saturated heterocycles. The molecule has 0 amide bonds. The lowest BCUT2D eigenvalue weighted by Gasteiger charge is -2.14. The van der Waals surface area contributed by atoms with E-state index in [4.69, 9.17) is 6.42 Å². The first-order valence-corrected chi connectivity index (χ1v) is 5.51. The minimum Gasteiger partial charge on any atom is -0.309 e. The van der Waals surface area contributed by atoms with Gasteiger partial charge in [-0.1, -0.05) is 6.92 Å². The number of hydrogen-bond acceptors (Lipinski definition) is 2. The standard InChI is InChI=1S/C11H15NS/c1-3-5-11(12-7-4-2)10-6-8-13-9-10/h1,6,8-9,11-12H,4-5,7H2,2H3. The summed E-state index contributed by atoms with van der Waals surface area (Å²) in [5, 5.41) is 7.68. The zero-order valence-electron chi connectivity index (χ0n) is 7.92. The second-order valence-electron chi connectivity index (χ2n) is 2.97. The van der Waals surface area contributed by atoms with E-state index in [1.54, 1.807) is 11.3 Å². The van der Waals surface area contributed by atoms with Crippen LogP contribution in [0.25, 0.3) is 0 Å². The van der Waals surface area contributed by atoms with Crippen molar-refractivity contribution in [2.45, 2.75) is 25.8 Å². The first kappa shape index (κ1) is 10.3. The maximum absolute atomic E-state index is 5.32. The average Bonchev–Trinajstić information content (AvgIpc) is 2.65. The van der Waals surface area contributed by atoms with Crippen molar-refractivity contribution in [2.24, 2.45) is 0 Å². The monoisotopic (exact) mass is 193 g/mol. The lowest BCUT2D eigenvalue weighted by atomic mass is 10.1. The highest BCUT2D eigenvalue weighted by atomic mass is 32.1. The van der Waals surface area contributed by atoms with Crippen molar-refractivity contribution in [1.29, 1.82) is 0 Å². The molecule has 13 heavy (non-hydrogen) atoms. The van der Waals surface area contributed by atoms with Crippen molar-refractivity contribution in [2.75, 3.05) is 6.54 Å². The molecule has 0 fully saturated rings. The van der Waals surface area contributed by atoms with Crippen LogP contribution in [-0.4, -0.2) is 6.54 Å². The molecule has 1 aromatic rings. The fourth-order valence-electron chi connectivity index (χ4n) is 1.22. The summed E-state index contributed by atoms with van der Waals surface area (Å²) in [4.78, 5) is 0. The minimum atomic E-state index is 0.344.